The molecule has 0 aliphatic heterocycles. The number of carbonyl (C=O) groups excluding carboxylic acids is 3. The smallest absolute Gasteiger partial charge is 0.407 e. The highest BCUT2D eigenvalue weighted by atomic mass is 19.1. The number of amides is 3. The Morgan fingerprint density at radius 2 is 1.63 bits per heavy atom. The van der Waals surface area contributed by atoms with Crippen LogP contribution in [0.25, 0.3) is 0 Å². The molecule has 35 heavy (non-hydrogen) atoms. The Balaban J connectivity index is 2.08. The third kappa shape index (κ3) is 8.66. The lowest BCUT2D eigenvalue weighted by atomic mass is 9.97. The maximum absolute atomic E-state index is 14.4. The fraction of sp³-hybridized carbons (Fsp3) is 0.423. The molecule has 2 N–H and O–H groups in total. The molecule has 190 valence electrons. The molecule has 3 amide bonds. The number of nitrogens with zero attached hydrogens (tertiary/aromatic N) is 1. The van der Waals surface area contributed by atoms with Crippen molar-refractivity contribution in [1.82, 2.24) is 15.5 Å². The van der Waals surface area contributed by atoms with Gasteiger partial charge in [-0.15, -0.1) is 0 Å². The van der Waals surface area contributed by atoms with Crippen LogP contribution in [0.3, 0.4) is 0 Å². The third-order valence-corrected chi connectivity index (χ3v) is 5.18. The van der Waals surface area contributed by atoms with E-state index in [1.807, 2.05) is 30.3 Å². The van der Waals surface area contributed by atoms with E-state index in [1.54, 1.807) is 34.6 Å². The minimum absolute atomic E-state index is 0.0498. The third-order valence-electron chi connectivity index (χ3n) is 5.18. The summed E-state index contributed by atoms with van der Waals surface area (Å²) in [6, 6.07) is 12.2. The van der Waals surface area contributed by atoms with Gasteiger partial charge in [0, 0.05) is 36.7 Å². The molecule has 2 aromatic carbocycles. The van der Waals surface area contributed by atoms with Gasteiger partial charge in [-0.2, -0.15) is 0 Å². The minimum atomic E-state index is -1.36. The van der Waals surface area contributed by atoms with Crippen molar-refractivity contribution in [3.8, 4) is 0 Å². The number of hydrogen-bond donors (Lipinski definition) is 2. The van der Waals surface area contributed by atoms with Crippen molar-refractivity contribution in [2.75, 3.05) is 6.54 Å². The Bertz CT molecular complexity index is 1040. The average molecular weight is 490 g/mol. The molecule has 0 radical (unpaired) electrons. The molecule has 0 aliphatic rings. The normalized spacial score (nSPS) is 11.5. The second-order valence-corrected chi connectivity index (χ2v) is 9.72. The number of carbonyl (C=O) groups is 3. The van der Waals surface area contributed by atoms with E-state index in [2.05, 4.69) is 10.6 Å². The second-order valence-electron chi connectivity index (χ2n) is 9.72. The van der Waals surface area contributed by atoms with E-state index < -0.39 is 40.6 Å². The second kappa shape index (κ2) is 11.8. The predicted molar refractivity (Wildman–Crippen MR) is 128 cm³/mol. The highest BCUT2D eigenvalue weighted by molar-refractivity contribution is 5.91. The molecule has 2 aromatic rings. The van der Waals surface area contributed by atoms with Crippen molar-refractivity contribution in [3.63, 3.8) is 0 Å². The van der Waals surface area contributed by atoms with Gasteiger partial charge in [0.2, 0.25) is 11.8 Å². The van der Waals surface area contributed by atoms with Gasteiger partial charge in [0.1, 0.15) is 23.8 Å². The van der Waals surface area contributed by atoms with Gasteiger partial charge in [0.25, 0.3) is 0 Å². The quantitative estimate of drug-likeness (QED) is 0.550. The SMILES string of the molecule is CC(C)(C)NC(=O)C(C)(C)N(Cc1ccc(F)cc1F)C(=O)CCNC(=O)OCc1ccccc1. The fourth-order valence-corrected chi connectivity index (χ4v) is 3.21. The molecular formula is C26H33F2N3O4. The monoisotopic (exact) mass is 489 g/mol. The fourth-order valence-electron chi connectivity index (χ4n) is 3.21. The number of halogens is 2. The Kier molecular flexibility index (Phi) is 9.33. The van der Waals surface area contributed by atoms with E-state index in [1.165, 1.54) is 11.0 Å². The van der Waals surface area contributed by atoms with Crippen LogP contribution >= 0.6 is 0 Å². The van der Waals surface area contributed by atoms with E-state index in [9.17, 15) is 23.2 Å². The van der Waals surface area contributed by atoms with Gasteiger partial charge in [-0.05, 0) is 46.2 Å². The van der Waals surface area contributed by atoms with Gasteiger partial charge in [0.15, 0.2) is 0 Å². The Morgan fingerprint density at radius 3 is 2.23 bits per heavy atom. The van der Waals surface area contributed by atoms with Crippen LogP contribution in [-0.4, -0.2) is 40.4 Å². The Hall–Kier alpha value is -3.49. The van der Waals surface area contributed by atoms with Crippen LogP contribution in [0.2, 0.25) is 0 Å². The van der Waals surface area contributed by atoms with Gasteiger partial charge in [0.05, 0.1) is 0 Å². The molecule has 9 heteroatoms. The summed E-state index contributed by atoms with van der Waals surface area (Å²) < 4.78 is 32.9. The molecular weight excluding hydrogens is 456 g/mol. The molecule has 0 atom stereocenters. The number of alkyl carbamates (subject to hydrolysis) is 1. The van der Waals surface area contributed by atoms with E-state index in [0.29, 0.717) is 0 Å². The molecule has 0 saturated heterocycles. The zero-order chi connectivity index (χ0) is 26.2. The summed E-state index contributed by atoms with van der Waals surface area (Å²) in [6.07, 6.45) is -0.849. The lowest BCUT2D eigenvalue weighted by Gasteiger charge is -2.39. The van der Waals surface area contributed by atoms with Crippen molar-refractivity contribution >= 4 is 17.9 Å². The summed E-state index contributed by atoms with van der Waals surface area (Å²) >= 11 is 0. The van der Waals surface area contributed by atoms with Crippen molar-refractivity contribution in [2.24, 2.45) is 0 Å². The molecule has 0 aromatic heterocycles. The van der Waals surface area contributed by atoms with E-state index >= 15 is 0 Å². The summed E-state index contributed by atoms with van der Waals surface area (Å²) in [6.45, 7) is 8.29. The number of nitrogens with one attached hydrogen (secondary N) is 2. The molecule has 0 aliphatic carbocycles. The number of rotatable bonds is 9. The van der Waals surface area contributed by atoms with Gasteiger partial charge in [-0.1, -0.05) is 36.4 Å². The van der Waals surface area contributed by atoms with Crippen LogP contribution in [-0.2, 0) is 27.5 Å². The molecule has 0 unspecified atom stereocenters. The lowest BCUT2D eigenvalue weighted by Crippen LogP contribution is -2.60. The summed E-state index contributed by atoms with van der Waals surface area (Å²) in [4.78, 5) is 39.4. The van der Waals surface area contributed by atoms with Crippen molar-refractivity contribution < 1.29 is 27.9 Å². The van der Waals surface area contributed by atoms with Crippen LogP contribution < -0.4 is 10.6 Å². The van der Waals surface area contributed by atoms with E-state index in [-0.39, 0.29) is 31.7 Å². The average Bonchev–Trinajstić information content (AvgIpc) is 2.76. The largest absolute Gasteiger partial charge is 0.445 e. The first-order chi connectivity index (χ1) is 16.3. The maximum atomic E-state index is 14.4. The molecule has 7 nitrogen and oxygen atoms in total. The van der Waals surface area contributed by atoms with Crippen LogP contribution in [0, 0.1) is 11.6 Å². The highest BCUT2D eigenvalue weighted by Crippen LogP contribution is 2.23. The summed E-state index contributed by atoms with van der Waals surface area (Å²) in [5.41, 5.74) is -1.04. The van der Waals surface area contributed by atoms with Crippen LogP contribution in [0.4, 0.5) is 13.6 Å². The van der Waals surface area contributed by atoms with Crippen molar-refractivity contribution in [1.29, 1.82) is 0 Å². The maximum Gasteiger partial charge on any atom is 0.407 e. The summed E-state index contributed by atoms with van der Waals surface area (Å²) in [5.74, 6) is -2.49. The molecule has 0 fully saturated rings. The number of ether oxygens (including phenoxy) is 1. The zero-order valence-electron chi connectivity index (χ0n) is 20.8. The Labute approximate surface area is 204 Å². The molecule has 0 bridgehead atoms. The van der Waals surface area contributed by atoms with E-state index in [4.69, 9.17) is 4.74 Å². The lowest BCUT2D eigenvalue weighted by molar-refractivity contribution is -0.147. The van der Waals surface area contributed by atoms with Gasteiger partial charge < -0.3 is 20.3 Å². The topological polar surface area (TPSA) is 87.7 Å². The predicted octanol–water partition coefficient (Wildman–Crippen LogP) is 4.30. The van der Waals surface area contributed by atoms with Crippen LogP contribution in [0.5, 0.6) is 0 Å². The molecule has 0 heterocycles. The first-order valence-corrected chi connectivity index (χ1v) is 11.3. The van der Waals surface area contributed by atoms with Crippen LogP contribution in [0.15, 0.2) is 48.5 Å². The van der Waals surface area contributed by atoms with Gasteiger partial charge >= 0.3 is 6.09 Å². The minimum Gasteiger partial charge on any atom is -0.445 e. The van der Waals surface area contributed by atoms with Crippen LogP contribution in [0.1, 0.15) is 52.2 Å². The zero-order valence-corrected chi connectivity index (χ0v) is 20.8. The van der Waals surface area contributed by atoms with Gasteiger partial charge in [-0.25, -0.2) is 13.6 Å². The molecule has 2 rings (SSSR count). The molecule has 0 spiro atoms. The summed E-state index contributed by atoms with van der Waals surface area (Å²) in [7, 11) is 0. The van der Waals surface area contributed by atoms with Gasteiger partial charge in [-0.3, -0.25) is 9.59 Å². The molecule has 0 saturated carbocycles. The number of hydrogen-bond acceptors (Lipinski definition) is 4. The first kappa shape index (κ1) is 27.8. The van der Waals surface area contributed by atoms with Crippen molar-refractivity contribution in [3.05, 3.63) is 71.3 Å². The Morgan fingerprint density at radius 1 is 0.971 bits per heavy atom. The summed E-state index contributed by atoms with van der Waals surface area (Å²) in [5, 5.41) is 5.34. The van der Waals surface area contributed by atoms with E-state index in [0.717, 1.165) is 17.7 Å². The highest BCUT2D eigenvalue weighted by Gasteiger charge is 2.39. The van der Waals surface area contributed by atoms with Crippen molar-refractivity contribution in [2.45, 2.75) is 65.3 Å². The first-order valence-electron chi connectivity index (χ1n) is 11.3. The number of benzene rings is 2. The standard InChI is InChI=1S/C26H33F2N3O4/c1-25(2,3)30-23(33)26(4,5)31(16-19-11-12-20(27)15-21(19)28)22(32)13-14-29-24(34)35-17-18-9-7-6-8-10-18/h6-12,15H,13-14,16-17H2,1-5H3,(H,29,34)(H,30,33).